The normalized spacial score (nSPS) is 14.7. The van der Waals surface area contributed by atoms with Crippen LogP contribution in [0.1, 0.15) is 28.8 Å². The standard InChI is InChI=1S/C23H22FN3O4S/c24-18-10-8-16(9-11-18)15-19-22(30)27(23(31)32-19)14-13-25-20(28)7-4-12-26-21(29)17-5-2-1-3-6-17/h1-3,5-6,8-11,15H,4,7,12-14H2,(H,25,28)(H,26,29)/b19-15-. The Morgan fingerprint density at radius 3 is 2.41 bits per heavy atom. The van der Waals surface area contributed by atoms with E-state index in [1.165, 1.54) is 30.3 Å². The van der Waals surface area contributed by atoms with Crippen molar-refractivity contribution in [3.05, 3.63) is 76.4 Å². The summed E-state index contributed by atoms with van der Waals surface area (Å²) in [5.41, 5.74) is 1.17. The fourth-order valence-corrected chi connectivity index (χ4v) is 3.81. The number of hydrogen-bond acceptors (Lipinski definition) is 5. The highest BCUT2D eigenvalue weighted by Gasteiger charge is 2.34. The van der Waals surface area contributed by atoms with Crippen LogP contribution in [0.5, 0.6) is 0 Å². The average molecular weight is 456 g/mol. The molecule has 0 saturated carbocycles. The third-order valence-corrected chi connectivity index (χ3v) is 5.51. The molecule has 0 bridgehead atoms. The summed E-state index contributed by atoms with van der Waals surface area (Å²) >= 11 is 0.809. The summed E-state index contributed by atoms with van der Waals surface area (Å²) in [5.74, 6) is -1.25. The van der Waals surface area contributed by atoms with Crippen molar-refractivity contribution in [3.63, 3.8) is 0 Å². The fraction of sp³-hybridized carbons (Fsp3) is 0.217. The van der Waals surface area contributed by atoms with Crippen LogP contribution in [0.4, 0.5) is 9.18 Å². The maximum Gasteiger partial charge on any atom is 0.293 e. The van der Waals surface area contributed by atoms with Gasteiger partial charge in [0.25, 0.3) is 17.1 Å². The Hall–Kier alpha value is -3.46. The molecule has 32 heavy (non-hydrogen) atoms. The Labute approximate surface area is 189 Å². The molecule has 2 N–H and O–H groups in total. The van der Waals surface area contributed by atoms with Crippen LogP contribution in [0, 0.1) is 5.82 Å². The van der Waals surface area contributed by atoms with E-state index in [4.69, 9.17) is 0 Å². The average Bonchev–Trinajstić information content (AvgIpc) is 3.06. The number of hydrogen-bond donors (Lipinski definition) is 2. The lowest BCUT2D eigenvalue weighted by molar-refractivity contribution is -0.124. The molecule has 3 rings (SSSR count). The van der Waals surface area contributed by atoms with Crippen molar-refractivity contribution in [2.75, 3.05) is 19.6 Å². The van der Waals surface area contributed by atoms with Gasteiger partial charge in [-0.05, 0) is 54.1 Å². The van der Waals surface area contributed by atoms with Gasteiger partial charge in [-0.2, -0.15) is 0 Å². The van der Waals surface area contributed by atoms with E-state index in [2.05, 4.69) is 10.6 Å². The van der Waals surface area contributed by atoms with E-state index >= 15 is 0 Å². The zero-order chi connectivity index (χ0) is 22.9. The molecule has 0 unspecified atom stereocenters. The van der Waals surface area contributed by atoms with E-state index in [0.29, 0.717) is 24.1 Å². The molecule has 7 nitrogen and oxygen atoms in total. The highest BCUT2D eigenvalue weighted by molar-refractivity contribution is 8.18. The molecule has 1 aliphatic heterocycles. The molecule has 1 aliphatic rings. The van der Waals surface area contributed by atoms with Crippen LogP contribution in [-0.4, -0.2) is 47.5 Å². The summed E-state index contributed by atoms with van der Waals surface area (Å²) in [6.07, 6.45) is 2.21. The van der Waals surface area contributed by atoms with Crippen LogP contribution in [-0.2, 0) is 9.59 Å². The predicted molar refractivity (Wildman–Crippen MR) is 120 cm³/mol. The highest BCUT2D eigenvalue weighted by Crippen LogP contribution is 2.31. The van der Waals surface area contributed by atoms with Crippen molar-refractivity contribution in [2.24, 2.45) is 0 Å². The maximum absolute atomic E-state index is 13.0. The van der Waals surface area contributed by atoms with Gasteiger partial charge in [-0.3, -0.25) is 24.1 Å². The largest absolute Gasteiger partial charge is 0.354 e. The first-order chi connectivity index (χ1) is 15.4. The molecule has 0 spiro atoms. The molecule has 2 aromatic carbocycles. The molecule has 9 heteroatoms. The van der Waals surface area contributed by atoms with Crippen LogP contribution >= 0.6 is 11.8 Å². The first-order valence-electron chi connectivity index (χ1n) is 10.0. The van der Waals surface area contributed by atoms with Crippen LogP contribution in [0.15, 0.2) is 59.5 Å². The topological polar surface area (TPSA) is 95.6 Å². The number of nitrogens with one attached hydrogen (secondary N) is 2. The van der Waals surface area contributed by atoms with Crippen LogP contribution in [0.25, 0.3) is 6.08 Å². The molecule has 0 radical (unpaired) electrons. The molecule has 0 aromatic heterocycles. The Kier molecular flexibility index (Phi) is 8.15. The lowest BCUT2D eigenvalue weighted by atomic mass is 10.2. The van der Waals surface area contributed by atoms with Crippen molar-refractivity contribution in [1.82, 2.24) is 15.5 Å². The van der Waals surface area contributed by atoms with Crippen molar-refractivity contribution in [1.29, 1.82) is 0 Å². The van der Waals surface area contributed by atoms with Crippen LogP contribution in [0.3, 0.4) is 0 Å². The van der Waals surface area contributed by atoms with Crippen LogP contribution in [0.2, 0.25) is 0 Å². The summed E-state index contributed by atoms with van der Waals surface area (Å²) < 4.78 is 13.0. The summed E-state index contributed by atoms with van der Waals surface area (Å²) in [6, 6.07) is 14.4. The first-order valence-corrected chi connectivity index (χ1v) is 10.9. The van der Waals surface area contributed by atoms with Crippen molar-refractivity contribution < 1.29 is 23.6 Å². The SMILES string of the molecule is O=C(CCCNC(=O)c1ccccc1)NCCN1C(=O)S/C(=C\c2ccc(F)cc2)C1=O. The van der Waals surface area contributed by atoms with Gasteiger partial charge >= 0.3 is 0 Å². The number of nitrogens with zero attached hydrogens (tertiary/aromatic N) is 1. The van der Waals surface area contributed by atoms with Gasteiger partial charge in [0, 0.05) is 31.6 Å². The zero-order valence-corrected chi connectivity index (χ0v) is 18.0. The Balaban J connectivity index is 1.36. The minimum atomic E-state index is -0.442. The number of carbonyl (C=O) groups excluding carboxylic acids is 4. The van der Waals surface area contributed by atoms with Gasteiger partial charge in [0.05, 0.1) is 4.91 Å². The summed E-state index contributed by atoms with van der Waals surface area (Å²) in [5, 5.41) is 5.01. The van der Waals surface area contributed by atoms with Gasteiger partial charge in [-0.25, -0.2) is 4.39 Å². The number of rotatable bonds is 9. The van der Waals surface area contributed by atoms with E-state index in [1.54, 1.807) is 24.3 Å². The van der Waals surface area contributed by atoms with E-state index < -0.39 is 11.1 Å². The van der Waals surface area contributed by atoms with Gasteiger partial charge in [0.2, 0.25) is 5.91 Å². The van der Waals surface area contributed by atoms with Gasteiger partial charge < -0.3 is 10.6 Å². The number of imide groups is 1. The molecule has 1 heterocycles. The second-order valence-corrected chi connectivity index (χ2v) is 7.95. The Bertz CT molecular complexity index is 1030. The number of carbonyl (C=O) groups is 4. The molecular weight excluding hydrogens is 433 g/mol. The molecule has 0 aliphatic carbocycles. The van der Waals surface area contributed by atoms with Crippen molar-refractivity contribution >= 4 is 40.8 Å². The number of benzene rings is 2. The molecule has 1 fully saturated rings. The first kappa shape index (κ1) is 23.2. The molecule has 0 atom stereocenters. The van der Waals surface area contributed by atoms with E-state index in [1.807, 2.05) is 6.07 Å². The van der Waals surface area contributed by atoms with E-state index in [-0.39, 0.29) is 42.0 Å². The Morgan fingerprint density at radius 1 is 0.969 bits per heavy atom. The van der Waals surface area contributed by atoms with Gasteiger partial charge in [-0.1, -0.05) is 30.3 Å². The fourth-order valence-electron chi connectivity index (χ4n) is 2.94. The maximum atomic E-state index is 13.0. The van der Waals surface area contributed by atoms with Crippen molar-refractivity contribution in [2.45, 2.75) is 12.8 Å². The Morgan fingerprint density at radius 2 is 1.69 bits per heavy atom. The van der Waals surface area contributed by atoms with Crippen molar-refractivity contribution in [3.8, 4) is 0 Å². The molecule has 2 aromatic rings. The highest BCUT2D eigenvalue weighted by atomic mass is 32.2. The molecule has 166 valence electrons. The lowest BCUT2D eigenvalue weighted by Gasteiger charge is -2.13. The predicted octanol–water partition coefficient (Wildman–Crippen LogP) is 3.19. The summed E-state index contributed by atoms with van der Waals surface area (Å²) in [4.78, 5) is 49.8. The quantitative estimate of drug-likeness (QED) is 0.447. The summed E-state index contributed by atoms with van der Waals surface area (Å²) in [6.45, 7) is 0.553. The smallest absolute Gasteiger partial charge is 0.293 e. The number of amides is 4. The molecule has 1 saturated heterocycles. The number of halogens is 1. The third-order valence-electron chi connectivity index (χ3n) is 4.60. The zero-order valence-electron chi connectivity index (χ0n) is 17.2. The third kappa shape index (κ3) is 6.52. The van der Waals surface area contributed by atoms with Crippen LogP contribution < -0.4 is 10.6 Å². The second-order valence-electron chi connectivity index (χ2n) is 6.96. The molecule has 4 amide bonds. The van der Waals surface area contributed by atoms with E-state index in [0.717, 1.165) is 16.7 Å². The summed E-state index contributed by atoms with van der Waals surface area (Å²) in [7, 11) is 0. The minimum Gasteiger partial charge on any atom is -0.354 e. The van der Waals surface area contributed by atoms with E-state index in [9.17, 15) is 23.6 Å². The number of thioether (sulfide) groups is 1. The second kappa shape index (κ2) is 11.2. The van der Waals surface area contributed by atoms with Gasteiger partial charge in [0.1, 0.15) is 5.82 Å². The minimum absolute atomic E-state index is 0.0574. The lowest BCUT2D eigenvalue weighted by Crippen LogP contribution is -2.37. The monoisotopic (exact) mass is 455 g/mol. The van der Waals surface area contributed by atoms with Gasteiger partial charge in [-0.15, -0.1) is 0 Å². The molecular formula is C23H22FN3O4S. The van der Waals surface area contributed by atoms with Gasteiger partial charge in [0.15, 0.2) is 0 Å².